The van der Waals surface area contributed by atoms with E-state index in [4.69, 9.17) is 4.74 Å². The molecule has 1 aromatic carbocycles. The summed E-state index contributed by atoms with van der Waals surface area (Å²) in [7, 11) is 0. The van der Waals surface area contributed by atoms with Crippen molar-refractivity contribution >= 4 is 12.0 Å². The Bertz CT molecular complexity index is 733. The summed E-state index contributed by atoms with van der Waals surface area (Å²) in [5.41, 5.74) is 0.899. The summed E-state index contributed by atoms with van der Waals surface area (Å²) in [5.74, 6) is 0.291. The summed E-state index contributed by atoms with van der Waals surface area (Å²) in [5, 5.41) is 11.7. The van der Waals surface area contributed by atoms with Crippen LogP contribution in [0.5, 0.6) is 0 Å². The summed E-state index contributed by atoms with van der Waals surface area (Å²) in [6.45, 7) is 8.54. The van der Waals surface area contributed by atoms with Crippen molar-refractivity contribution in [1.82, 2.24) is 0 Å². The molecule has 0 radical (unpaired) electrons. The first-order valence-corrected chi connectivity index (χ1v) is 10.1. The number of carbonyl (C=O) groups excluding carboxylic acids is 1. The Balaban J connectivity index is 1.83. The van der Waals surface area contributed by atoms with Crippen LogP contribution in [0.25, 0.3) is 6.08 Å². The molecule has 3 nitrogen and oxygen atoms in total. The van der Waals surface area contributed by atoms with Crippen molar-refractivity contribution in [1.29, 1.82) is 0 Å². The quantitative estimate of drug-likeness (QED) is 0.454. The molecular formula is C24H32O3. The molecule has 1 aromatic rings. The number of allylic oxidation sites excluding steroid dienone is 1. The lowest BCUT2D eigenvalue weighted by Crippen LogP contribution is -2.53. The van der Waals surface area contributed by atoms with Gasteiger partial charge in [0.15, 0.2) is 0 Å². The molecule has 1 saturated carbocycles. The maximum Gasteiger partial charge on any atom is 0.331 e. The van der Waals surface area contributed by atoms with Gasteiger partial charge in [0.2, 0.25) is 0 Å². The second kappa shape index (κ2) is 7.63. The van der Waals surface area contributed by atoms with Gasteiger partial charge in [-0.05, 0) is 62.2 Å². The highest BCUT2D eigenvalue weighted by atomic mass is 16.5. The van der Waals surface area contributed by atoms with Crippen LogP contribution in [-0.2, 0) is 9.53 Å². The second-order valence-electron chi connectivity index (χ2n) is 8.85. The Hall–Kier alpha value is -1.87. The smallest absolute Gasteiger partial charge is 0.331 e. The number of esters is 1. The first-order valence-electron chi connectivity index (χ1n) is 10.1. The van der Waals surface area contributed by atoms with E-state index >= 15 is 0 Å². The Kier molecular flexibility index (Phi) is 5.62. The van der Waals surface area contributed by atoms with Crippen LogP contribution in [0.4, 0.5) is 0 Å². The van der Waals surface area contributed by atoms with E-state index < -0.39 is 17.1 Å². The fraction of sp³-hybridized carbons (Fsp3) is 0.542. The molecule has 3 rings (SSSR count). The van der Waals surface area contributed by atoms with E-state index in [1.54, 1.807) is 6.08 Å². The van der Waals surface area contributed by atoms with Crippen LogP contribution in [0.15, 0.2) is 48.1 Å². The van der Waals surface area contributed by atoms with Gasteiger partial charge in [0, 0.05) is 11.5 Å². The summed E-state index contributed by atoms with van der Waals surface area (Å²) >= 11 is 0. The predicted molar refractivity (Wildman–Crippen MR) is 109 cm³/mol. The van der Waals surface area contributed by atoms with Gasteiger partial charge in [0.25, 0.3) is 0 Å². The third kappa shape index (κ3) is 3.75. The Morgan fingerprint density at radius 3 is 2.63 bits per heavy atom. The molecule has 0 bridgehead atoms. The number of fused-ring (bicyclic) bond motifs is 1. The molecule has 0 aromatic heterocycles. The van der Waals surface area contributed by atoms with Crippen LogP contribution >= 0.6 is 0 Å². The van der Waals surface area contributed by atoms with Gasteiger partial charge in [-0.3, -0.25) is 0 Å². The van der Waals surface area contributed by atoms with Crippen LogP contribution in [0.1, 0.15) is 58.9 Å². The van der Waals surface area contributed by atoms with Gasteiger partial charge in [-0.25, -0.2) is 4.79 Å². The van der Waals surface area contributed by atoms with Crippen LogP contribution in [-0.4, -0.2) is 22.8 Å². The van der Waals surface area contributed by atoms with Crippen LogP contribution in [0.2, 0.25) is 0 Å². The predicted octanol–water partition coefficient (Wildman–Crippen LogP) is 5.16. The number of benzene rings is 1. The summed E-state index contributed by atoms with van der Waals surface area (Å²) in [4.78, 5) is 12.5. The van der Waals surface area contributed by atoms with E-state index in [1.165, 1.54) is 11.6 Å². The topological polar surface area (TPSA) is 46.5 Å². The standard InChI is InChI=1S/C24H32O3/c1-17(2)20-13-14-23(4)21(16-18(3)12-15-24(20,23)26)27-22(25)11-10-19-8-6-5-7-9-19/h5-11,16-17,20-21,26H,12-15H2,1-4H3/b11-10+/t20-,21-,23-,24+/m1/s1. The first kappa shape index (κ1) is 19.9. The van der Waals surface area contributed by atoms with Crippen LogP contribution in [0.3, 0.4) is 0 Å². The van der Waals surface area contributed by atoms with Crippen molar-refractivity contribution in [2.75, 3.05) is 0 Å². The lowest BCUT2D eigenvalue weighted by Gasteiger charge is -2.46. The lowest BCUT2D eigenvalue weighted by atomic mass is 9.66. The molecule has 2 aliphatic carbocycles. The average molecular weight is 369 g/mol. The van der Waals surface area contributed by atoms with Gasteiger partial charge in [-0.2, -0.15) is 0 Å². The lowest BCUT2D eigenvalue weighted by molar-refractivity contribution is -0.165. The monoisotopic (exact) mass is 368 g/mol. The molecule has 27 heavy (non-hydrogen) atoms. The molecule has 0 saturated heterocycles. The van der Waals surface area contributed by atoms with E-state index in [0.717, 1.165) is 31.2 Å². The first-order chi connectivity index (χ1) is 12.8. The van der Waals surface area contributed by atoms with Crippen molar-refractivity contribution in [2.24, 2.45) is 17.3 Å². The zero-order valence-corrected chi connectivity index (χ0v) is 16.9. The zero-order chi connectivity index (χ0) is 19.7. The zero-order valence-electron chi connectivity index (χ0n) is 16.9. The number of aliphatic hydroxyl groups is 1. The normalized spacial score (nSPS) is 33.6. The van der Waals surface area contributed by atoms with Gasteiger partial charge >= 0.3 is 5.97 Å². The number of hydrogen-bond acceptors (Lipinski definition) is 3. The summed E-state index contributed by atoms with van der Waals surface area (Å²) < 4.78 is 5.91. The van der Waals surface area contributed by atoms with Gasteiger partial charge in [-0.1, -0.05) is 56.7 Å². The molecular weight excluding hydrogens is 336 g/mol. The Morgan fingerprint density at radius 1 is 1.26 bits per heavy atom. The van der Waals surface area contributed by atoms with Crippen molar-refractivity contribution in [2.45, 2.75) is 65.1 Å². The number of rotatable bonds is 4. The number of ether oxygens (including phenoxy) is 1. The maximum atomic E-state index is 12.5. The van der Waals surface area contributed by atoms with E-state index in [1.807, 2.05) is 30.3 Å². The van der Waals surface area contributed by atoms with Gasteiger partial charge in [0.1, 0.15) is 6.10 Å². The fourth-order valence-corrected chi connectivity index (χ4v) is 5.05. The largest absolute Gasteiger partial charge is 0.454 e. The van der Waals surface area contributed by atoms with Crippen molar-refractivity contribution in [3.8, 4) is 0 Å². The SMILES string of the molecule is CC1=C[C@@H](OC(=O)/C=C/c2ccccc2)[C@@]2(C)CC[C@H](C(C)C)[C@@]2(O)CC1. The fourth-order valence-electron chi connectivity index (χ4n) is 5.05. The van der Waals surface area contributed by atoms with Crippen LogP contribution in [0, 0.1) is 17.3 Å². The van der Waals surface area contributed by atoms with Gasteiger partial charge < -0.3 is 9.84 Å². The summed E-state index contributed by atoms with van der Waals surface area (Å²) in [6.07, 6.45) is 8.36. The van der Waals surface area contributed by atoms with Crippen molar-refractivity contribution in [3.63, 3.8) is 0 Å². The van der Waals surface area contributed by atoms with E-state index in [9.17, 15) is 9.90 Å². The highest BCUT2D eigenvalue weighted by Crippen LogP contribution is 2.58. The average Bonchev–Trinajstić information content (AvgIpc) is 2.86. The van der Waals surface area contributed by atoms with Crippen molar-refractivity contribution < 1.29 is 14.6 Å². The molecule has 4 atom stereocenters. The molecule has 146 valence electrons. The van der Waals surface area contributed by atoms with Gasteiger partial charge in [0.05, 0.1) is 5.60 Å². The van der Waals surface area contributed by atoms with Crippen LogP contribution < -0.4 is 0 Å². The second-order valence-corrected chi connectivity index (χ2v) is 8.85. The third-order valence-electron chi connectivity index (χ3n) is 6.80. The number of hydrogen-bond donors (Lipinski definition) is 1. The molecule has 0 heterocycles. The minimum atomic E-state index is -0.802. The Morgan fingerprint density at radius 2 is 1.96 bits per heavy atom. The molecule has 1 N–H and O–H groups in total. The molecule has 1 fully saturated rings. The van der Waals surface area contributed by atoms with E-state index in [0.29, 0.717) is 5.92 Å². The van der Waals surface area contributed by atoms with E-state index in [2.05, 4.69) is 33.8 Å². The molecule has 0 unspecified atom stereocenters. The minimum absolute atomic E-state index is 0.239. The minimum Gasteiger partial charge on any atom is -0.454 e. The van der Waals surface area contributed by atoms with Gasteiger partial charge in [-0.15, -0.1) is 0 Å². The third-order valence-corrected chi connectivity index (χ3v) is 6.80. The summed E-state index contributed by atoms with van der Waals surface area (Å²) in [6, 6.07) is 9.72. The van der Waals surface area contributed by atoms with Crippen molar-refractivity contribution in [3.05, 3.63) is 53.6 Å². The Labute approximate surface area is 163 Å². The highest BCUT2D eigenvalue weighted by molar-refractivity contribution is 5.87. The maximum absolute atomic E-state index is 12.5. The number of carbonyl (C=O) groups is 1. The molecule has 0 aliphatic heterocycles. The molecule has 0 amide bonds. The van der Waals surface area contributed by atoms with E-state index in [-0.39, 0.29) is 11.9 Å². The molecule has 0 spiro atoms. The molecule has 3 heteroatoms. The highest BCUT2D eigenvalue weighted by Gasteiger charge is 2.61. The molecule has 2 aliphatic rings.